The minimum atomic E-state index is 0. The maximum absolute atomic E-state index is 0. The Morgan fingerprint density at radius 3 is 0.250 bits per heavy atom. The molecule has 0 spiro atoms. The molecular formula is H16O4Sn4. The van der Waals surface area contributed by atoms with E-state index < -0.39 is 0 Å². The minimum absolute atomic E-state index is 0. The summed E-state index contributed by atoms with van der Waals surface area (Å²) in [6.45, 7) is 0. The molecule has 0 aliphatic carbocycles. The summed E-state index contributed by atoms with van der Waals surface area (Å²) in [4.78, 5) is 0. The van der Waals surface area contributed by atoms with Gasteiger partial charge in [0.05, 0.1) is 0 Å². The van der Waals surface area contributed by atoms with E-state index in [-0.39, 0.29) is 118 Å². The molecule has 0 heterocycles. The van der Waals surface area contributed by atoms with Gasteiger partial charge in [-0.05, 0) is 0 Å². The number of rotatable bonds is 0. The molecule has 0 amide bonds. The van der Waals surface area contributed by atoms with Crippen molar-refractivity contribution in [2.45, 2.75) is 0 Å². The van der Waals surface area contributed by atoms with E-state index in [4.69, 9.17) is 0 Å². The second-order valence-corrected chi connectivity index (χ2v) is 0. The third kappa shape index (κ3) is 63.3. The summed E-state index contributed by atoms with van der Waals surface area (Å²) in [5, 5.41) is 0. The summed E-state index contributed by atoms with van der Waals surface area (Å²) in [5.41, 5.74) is 0. The molecule has 0 aromatic rings. The van der Waals surface area contributed by atoms with Gasteiger partial charge in [0.2, 0.25) is 0 Å². The standard InChI is InChI=1S/4H2O.4Sn.8H/h4*1H2;;;;;;;;;;;;. The Labute approximate surface area is 116 Å². The van der Waals surface area contributed by atoms with Crippen LogP contribution in [0.4, 0.5) is 0 Å². The quantitative estimate of drug-likeness (QED) is 0.264. The Morgan fingerprint density at radius 1 is 0.250 bits per heavy atom. The first-order valence-corrected chi connectivity index (χ1v) is 0. The molecule has 0 unspecified atom stereocenters. The van der Waals surface area contributed by atoms with Gasteiger partial charge in [-0.15, -0.1) is 0 Å². The summed E-state index contributed by atoms with van der Waals surface area (Å²) < 4.78 is 0. The summed E-state index contributed by atoms with van der Waals surface area (Å²) in [5.74, 6) is 0. The van der Waals surface area contributed by atoms with E-state index in [0.717, 1.165) is 0 Å². The van der Waals surface area contributed by atoms with Gasteiger partial charge in [0.25, 0.3) is 0 Å². The Bertz CT molecular complexity index is 8.00. The third-order valence-electron chi connectivity index (χ3n) is 0. The molecule has 4 nitrogen and oxygen atoms in total. The van der Waals surface area contributed by atoms with E-state index in [1.807, 2.05) is 0 Å². The van der Waals surface area contributed by atoms with Crippen LogP contribution >= 0.6 is 0 Å². The van der Waals surface area contributed by atoms with E-state index in [1.165, 1.54) is 0 Å². The van der Waals surface area contributed by atoms with Crippen molar-refractivity contribution in [2.75, 3.05) is 0 Å². The molecular weight excluding hydrogens is 539 g/mol. The molecule has 8 radical (unpaired) electrons. The predicted octanol–water partition coefficient (Wildman–Crippen LogP) is -6.96. The number of hydrogen-bond donors (Lipinski definition) is 0. The molecule has 0 rings (SSSR count). The van der Waals surface area contributed by atoms with Gasteiger partial charge in [-0.2, -0.15) is 0 Å². The van der Waals surface area contributed by atoms with Crippen molar-refractivity contribution in [3.05, 3.63) is 0 Å². The summed E-state index contributed by atoms with van der Waals surface area (Å²) in [6.07, 6.45) is 0. The fourth-order valence-electron chi connectivity index (χ4n) is 0. The van der Waals surface area contributed by atoms with Gasteiger partial charge in [0.15, 0.2) is 0 Å². The van der Waals surface area contributed by atoms with Crippen LogP contribution in [0.2, 0.25) is 0 Å². The third-order valence-corrected chi connectivity index (χ3v) is 0. The van der Waals surface area contributed by atoms with Crippen LogP contribution < -0.4 is 0 Å². The molecule has 0 aliphatic rings. The second-order valence-electron chi connectivity index (χ2n) is 0. The first-order chi connectivity index (χ1) is 0. The van der Waals surface area contributed by atoms with Crippen LogP contribution in [0.1, 0.15) is 0 Å². The fraction of sp³-hybridized carbons (Fsp3) is 0. The van der Waals surface area contributed by atoms with Crippen molar-refractivity contribution in [3.8, 4) is 0 Å². The van der Waals surface area contributed by atoms with Crippen molar-refractivity contribution in [3.63, 3.8) is 0 Å². The summed E-state index contributed by atoms with van der Waals surface area (Å²) in [7, 11) is 0. The average Bonchev–Trinajstić information content (AvgIpc) is 0. The summed E-state index contributed by atoms with van der Waals surface area (Å²) >= 11 is 0. The van der Waals surface area contributed by atoms with Crippen LogP contribution in [0, 0.1) is 0 Å². The molecule has 0 atom stereocenters. The zero-order valence-corrected chi connectivity index (χ0v) is 21.0. The van der Waals surface area contributed by atoms with Gasteiger partial charge in [0.1, 0.15) is 0 Å². The van der Waals surface area contributed by atoms with E-state index in [1.54, 1.807) is 0 Å². The molecule has 8 N–H and O–H groups in total. The summed E-state index contributed by atoms with van der Waals surface area (Å²) in [6, 6.07) is 0. The Morgan fingerprint density at radius 2 is 0.250 bits per heavy atom. The SMILES string of the molecule is O.O.O.O.[SnH2].[SnH2].[SnH2].[SnH2]. The normalized spacial score (nSPS) is 0. The molecule has 8 heavy (non-hydrogen) atoms. The van der Waals surface area contributed by atoms with Crippen molar-refractivity contribution in [1.82, 2.24) is 0 Å². The van der Waals surface area contributed by atoms with Crippen LogP contribution in [0.3, 0.4) is 0 Å². The van der Waals surface area contributed by atoms with Crippen molar-refractivity contribution < 1.29 is 21.9 Å². The van der Waals surface area contributed by atoms with E-state index in [9.17, 15) is 0 Å². The molecule has 0 aliphatic heterocycles. The molecule has 0 bridgehead atoms. The molecule has 0 aromatic carbocycles. The van der Waals surface area contributed by atoms with Gasteiger partial charge in [-0.3, -0.25) is 0 Å². The van der Waals surface area contributed by atoms with Crippen LogP contribution in [-0.4, -0.2) is 118 Å². The van der Waals surface area contributed by atoms with Gasteiger partial charge in [-0.25, -0.2) is 0 Å². The molecule has 56 valence electrons. The number of hydrogen-bond acceptors (Lipinski definition) is 0. The first-order valence-electron chi connectivity index (χ1n) is 0. The molecule has 0 saturated carbocycles. The Hall–Kier alpha value is 3.03. The Balaban J connectivity index is 0. The van der Waals surface area contributed by atoms with Gasteiger partial charge >= 0.3 is 95.6 Å². The van der Waals surface area contributed by atoms with Crippen molar-refractivity contribution in [2.24, 2.45) is 0 Å². The zero-order chi connectivity index (χ0) is 0. The van der Waals surface area contributed by atoms with Gasteiger partial charge < -0.3 is 21.9 Å². The molecule has 8 heteroatoms. The topological polar surface area (TPSA) is 126 Å². The van der Waals surface area contributed by atoms with Crippen LogP contribution in [0.5, 0.6) is 0 Å². The predicted molar refractivity (Wildman–Crippen MR) is 48.6 cm³/mol. The zero-order valence-electron chi connectivity index (χ0n) is 4.83. The monoisotopic (exact) mass is 560 g/mol. The first kappa shape index (κ1) is 121. The molecule has 0 saturated heterocycles. The van der Waals surface area contributed by atoms with Crippen LogP contribution in [-0.2, 0) is 0 Å². The van der Waals surface area contributed by atoms with E-state index in [0.29, 0.717) is 0 Å². The van der Waals surface area contributed by atoms with E-state index in [2.05, 4.69) is 0 Å². The molecule has 0 aromatic heterocycles. The van der Waals surface area contributed by atoms with Crippen LogP contribution in [0.25, 0.3) is 0 Å². The van der Waals surface area contributed by atoms with Crippen molar-refractivity contribution in [1.29, 1.82) is 0 Å². The molecule has 0 fully saturated rings. The maximum atomic E-state index is 0. The average molecular weight is 555 g/mol. The second kappa shape index (κ2) is 88.9. The van der Waals surface area contributed by atoms with Crippen molar-refractivity contribution >= 4 is 95.6 Å². The Kier molecular flexibility index (Phi) is 1340. The van der Waals surface area contributed by atoms with Crippen LogP contribution in [0.15, 0.2) is 0 Å². The van der Waals surface area contributed by atoms with Gasteiger partial charge in [0, 0.05) is 0 Å². The van der Waals surface area contributed by atoms with E-state index >= 15 is 0 Å². The van der Waals surface area contributed by atoms with Gasteiger partial charge in [-0.1, -0.05) is 0 Å². The fourth-order valence-corrected chi connectivity index (χ4v) is 0.